The molecule has 154 valence electrons. The molecule has 3 heterocycles. The van der Waals surface area contributed by atoms with E-state index in [2.05, 4.69) is 10.4 Å². The number of hydrogen-bond donors (Lipinski definition) is 1. The lowest BCUT2D eigenvalue weighted by atomic mass is 10.2. The van der Waals surface area contributed by atoms with Crippen molar-refractivity contribution in [3.63, 3.8) is 0 Å². The SMILES string of the molecule is CN(C)[C@H](CNC(=O)c1cc(-c2ccco2)n(-c2ccc(Cl)cc2)n1)c1ccco1. The summed E-state index contributed by atoms with van der Waals surface area (Å²) in [5.41, 5.74) is 1.72. The Labute approximate surface area is 178 Å². The predicted octanol–water partition coefficient (Wildman–Crippen LogP) is 4.41. The second-order valence-corrected chi connectivity index (χ2v) is 7.42. The third-order valence-corrected chi connectivity index (χ3v) is 4.99. The molecule has 0 unspecified atom stereocenters. The highest BCUT2D eigenvalue weighted by molar-refractivity contribution is 6.30. The van der Waals surface area contributed by atoms with Gasteiger partial charge in [0.25, 0.3) is 5.91 Å². The van der Waals surface area contributed by atoms with Crippen molar-refractivity contribution in [2.24, 2.45) is 0 Å². The number of nitrogens with one attached hydrogen (secondary N) is 1. The fraction of sp³-hybridized carbons (Fsp3) is 0.182. The van der Waals surface area contributed by atoms with Crippen LogP contribution in [0.2, 0.25) is 5.02 Å². The number of carbonyl (C=O) groups excluding carboxylic acids is 1. The van der Waals surface area contributed by atoms with E-state index in [0.29, 0.717) is 23.0 Å². The van der Waals surface area contributed by atoms with Crippen LogP contribution in [0, 0.1) is 0 Å². The Hall–Kier alpha value is -3.29. The minimum Gasteiger partial charge on any atom is -0.468 e. The van der Waals surface area contributed by atoms with Crippen LogP contribution in [0.15, 0.2) is 76.0 Å². The van der Waals surface area contributed by atoms with E-state index in [4.69, 9.17) is 20.4 Å². The molecule has 0 spiro atoms. The summed E-state index contributed by atoms with van der Waals surface area (Å²) < 4.78 is 12.7. The van der Waals surface area contributed by atoms with Crippen LogP contribution in [-0.4, -0.2) is 41.2 Å². The van der Waals surface area contributed by atoms with E-state index >= 15 is 0 Å². The molecule has 1 amide bonds. The molecule has 0 saturated heterocycles. The van der Waals surface area contributed by atoms with Crippen LogP contribution in [0.25, 0.3) is 17.1 Å². The molecule has 1 aromatic carbocycles. The molecule has 8 heteroatoms. The fourth-order valence-corrected chi connectivity index (χ4v) is 3.30. The molecule has 0 radical (unpaired) electrons. The second kappa shape index (κ2) is 8.61. The van der Waals surface area contributed by atoms with Gasteiger partial charge in [-0.15, -0.1) is 0 Å². The van der Waals surface area contributed by atoms with Crippen molar-refractivity contribution in [1.29, 1.82) is 0 Å². The molecule has 3 aromatic heterocycles. The van der Waals surface area contributed by atoms with Crippen molar-refractivity contribution in [2.75, 3.05) is 20.6 Å². The molecular weight excluding hydrogens is 404 g/mol. The van der Waals surface area contributed by atoms with Crippen molar-refractivity contribution in [1.82, 2.24) is 20.0 Å². The molecule has 4 rings (SSSR count). The molecular formula is C22H21ClN4O3. The number of halogens is 1. The van der Waals surface area contributed by atoms with Crippen LogP contribution in [-0.2, 0) is 0 Å². The number of benzene rings is 1. The molecule has 1 atom stereocenters. The zero-order valence-corrected chi connectivity index (χ0v) is 17.3. The van der Waals surface area contributed by atoms with Crippen LogP contribution >= 0.6 is 11.6 Å². The lowest BCUT2D eigenvalue weighted by Crippen LogP contribution is -2.34. The fourth-order valence-electron chi connectivity index (χ4n) is 3.17. The number of furan rings is 2. The van der Waals surface area contributed by atoms with Crippen molar-refractivity contribution in [3.05, 3.63) is 83.6 Å². The number of carbonyl (C=O) groups is 1. The molecule has 0 bridgehead atoms. The Balaban J connectivity index is 1.60. The molecule has 0 fully saturated rings. The first-order valence-electron chi connectivity index (χ1n) is 9.41. The van der Waals surface area contributed by atoms with Gasteiger partial charge in [-0.25, -0.2) is 4.68 Å². The van der Waals surface area contributed by atoms with Crippen LogP contribution in [0.3, 0.4) is 0 Å². The minimum absolute atomic E-state index is 0.0909. The van der Waals surface area contributed by atoms with Crippen molar-refractivity contribution in [2.45, 2.75) is 6.04 Å². The molecule has 0 aliphatic carbocycles. The number of aromatic nitrogens is 2. The molecule has 4 aromatic rings. The van der Waals surface area contributed by atoms with E-state index in [1.807, 2.05) is 49.3 Å². The van der Waals surface area contributed by atoms with Gasteiger partial charge in [0, 0.05) is 17.6 Å². The average Bonchev–Trinajstić information content (AvgIpc) is 3.49. The number of nitrogens with zero attached hydrogens (tertiary/aromatic N) is 3. The average molecular weight is 425 g/mol. The lowest BCUT2D eigenvalue weighted by molar-refractivity contribution is 0.0933. The van der Waals surface area contributed by atoms with Gasteiger partial charge in [0.15, 0.2) is 11.5 Å². The molecule has 7 nitrogen and oxygen atoms in total. The highest BCUT2D eigenvalue weighted by Gasteiger charge is 2.21. The second-order valence-electron chi connectivity index (χ2n) is 6.99. The van der Waals surface area contributed by atoms with Crippen LogP contribution < -0.4 is 5.32 Å². The van der Waals surface area contributed by atoms with Gasteiger partial charge >= 0.3 is 0 Å². The Morgan fingerprint density at radius 1 is 1.13 bits per heavy atom. The number of likely N-dealkylation sites (N-methyl/N-ethyl adjacent to an activating group) is 1. The summed E-state index contributed by atoms with van der Waals surface area (Å²) >= 11 is 6.01. The Morgan fingerprint density at radius 3 is 2.50 bits per heavy atom. The van der Waals surface area contributed by atoms with Crippen molar-refractivity contribution in [3.8, 4) is 17.1 Å². The van der Waals surface area contributed by atoms with Gasteiger partial charge in [0.2, 0.25) is 0 Å². The summed E-state index contributed by atoms with van der Waals surface area (Å²) in [6.07, 6.45) is 3.20. The summed E-state index contributed by atoms with van der Waals surface area (Å²) in [7, 11) is 3.87. The summed E-state index contributed by atoms with van der Waals surface area (Å²) in [5.74, 6) is 1.11. The predicted molar refractivity (Wildman–Crippen MR) is 114 cm³/mol. The molecule has 0 aliphatic heterocycles. The zero-order chi connectivity index (χ0) is 21.1. The monoisotopic (exact) mass is 424 g/mol. The lowest BCUT2D eigenvalue weighted by Gasteiger charge is -2.22. The Morgan fingerprint density at radius 2 is 1.87 bits per heavy atom. The third kappa shape index (κ3) is 4.17. The normalized spacial score (nSPS) is 12.3. The smallest absolute Gasteiger partial charge is 0.271 e. The first kappa shape index (κ1) is 20.0. The van der Waals surface area contributed by atoms with E-state index in [1.165, 1.54) is 0 Å². The molecule has 1 N–H and O–H groups in total. The quantitative estimate of drug-likeness (QED) is 0.475. The van der Waals surface area contributed by atoms with Gasteiger partial charge in [-0.2, -0.15) is 5.10 Å². The van der Waals surface area contributed by atoms with Gasteiger partial charge in [-0.1, -0.05) is 11.6 Å². The van der Waals surface area contributed by atoms with Crippen LogP contribution in [0.4, 0.5) is 0 Å². The highest BCUT2D eigenvalue weighted by Crippen LogP contribution is 2.25. The van der Waals surface area contributed by atoms with Crippen molar-refractivity contribution < 1.29 is 13.6 Å². The van der Waals surface area contributed by atoms with Crippen molar-refractivity contribution >= 4 is 17.5 Å². The van der Waals surface area contributed by atoms with Crippen LogP contribution in [0.1, 0.15) is 22.3 Å². The van der Waals surface area contributed by atoms with Crippen LogP contribution in [0.5, 0.6) is 0 Å². The maximum Gasteiger partial charge on any atom is 0.271 e. The van der Waals surface area contributed by atoms with E-state index < -0.39 is 0 Å². The number of rotatable bonds is 7. The van der Waals surface area contributed by atoms with E-state index in [-0.39, 0.29) is 17.6 Å². The number of hydrogen-bond acceptors (Lipinski definition) is 5. The topological polar surface area (TPSA) is 76.4 Å². The summed E-state index contributed by atoms with van der Waals surface area (Å²) in [4.78, 5) is 14.9. The first-order valence-corrected chi connectivity index (χ1v) is 9.78. The summed E-state index contributed by atoms with van der Waals surface area (Å²) in [5, 5.41) is 8.08. The van der Waals surface area contributed by atoms with E-state index in [1.54, 1.807) is 41.5 Å². The zero-order valence-electron chi connectivity index (χ0n) is 16.6. The Bertz CT molecular complexity index is 1100. The van der Waals surface area contributed by atoms with Gasteiger partial charge < -0.3 is 14.2 Å². The standard InChI is InChI=1S/C22H21ClN4O3/c1-26(2)19(21-6-4-12-30-21)14-24-22(28)17-13-18(20-5-3-11-29-20)27(25-17)16-9-7-15(23)8-10-16/h3-13,19H,14H2,1-2H3,(H,24,28)/t19-/m1/s1. The molecule has 30 heavy (non-hydrogen) atoms. The molecule has 0 saturated carbocycles. The first-order chi connectivity index (χ1) is 14.5. The maximum atomic E-state index is 12.9. The Kier molecular flexibility index (Phi) is 5.74. The van der Waals surface area contributed by atoms with Gasteiger partial charge in [0.05, 0.1) is 24.3 Å². The minimum atomic E-state index is -0.283. The van der Waals surface area contributed by atoms with Gasteiger partial charge in [-0.3, -0.25) is 9.69 Å². The van der Waals surface area contributed by atoms with Gasteiger partial charge in [-0.05, 0) is 62.6 Å². The number of amides is 1. The van der Waals surface area contributed by atoms with E-state index in [0.717, 1.165) is 11.4 Å². The third-order valence-electron chi connectivity index (χ3n) is 4.74. The van der Waals surface area contributed by atoms with E-state index in [9.17, 15) is 4.79 Å². The summed E-state index contributed by atoms with van der Waals surface area (Å²) in [6, 6.07) is 16.2. The highest BCUT2D eigenvalue weighted by atomic mass is 35.5. The maximum absolute atomic E-state index is 12.9. The summed E-state index contributed by atoms with van der Waals surface area (Å²) in [6.45, 7) is 0.378. The van der Waals surface area contributed by atoms with Gasteiger partial charge in [0.1, 0.15) is 11.5 Å². The molecule has 0 aliphatic rings. The largest absolute Gasteiger partial charge is 0.468 e.